The van der Waals surface area contributed by atoms with E-state index < -0.39 is 0 Å². The molecule has 0 saturated heterocycles. The van der Waals surface area contributed by atoms with Crippen LogP contribution in [0.3, 0.4) is 0 Å². The number of nitrogens with one attached hydrogen (secondary N) is 1. The van der Waals surface area contributed by atoms with Crippen molar-refractivity contribution in [3.05, 3.63) is 134 Å². The van der Waals surface area contributed by atoms with Crippen molar-refractivity contribution in [1.82, 2.24) is 4.98 Å². The molecule has 1 N–H and O–H groups in total. The monoisotopic (exact) mass is 553 g/mol. The normalized spacial score (nSPS) is 15.3. The maximum absolute atomic E-state index is 13.6. The molecule has 1 unspecified atom stereocenters. The fourth-order valence-electron chi connectivity index (χ4n) is 4.90. The minimum Gasteiger partial charge on any atom is -0.321 e. The molecule has 176 valence electrons. The van der Waals surface area contributed by atoms with E-state index in [4.69, 9.17) is 16.7 Å². The summed E-state index contributed by atoms with van der Waals surface area (Å²) in [5.74, 6) is 0. The van der Waals surface area contributed by atoms with Crippen molar-refractivity contribution in [2.45, 2.75) is 12.5 Å². The van der Waals surface area contributed by atoms with Gasteiger partial charge in [-0.05, 0) is 53.6 Å². The zero-order chi connectivity index (χ0) is 24.6. The number of rotatable bonds is 4. The predicted molar refractivity (Wildman–Crippen MR) is 152 cm³/mol. The van der Waals surface area contributed by atoms with E-state index >= 15 is 0 Å². The van der Waals surface area contributed by atoms with Crippen LogP contribution in [0.2, 0.25) is 5.02 Å². The Balaban J connectivity index is 1.60. The summed E-state index contributed by atoms with van der Waals surface area (Å²) >= 11 is 10.0. The second-order valence-electron chi connectivity index (χ2n) is 8.76. The molecule has 0 bridgehead atoms. The number of H-pyrrole nitrogens is 1. The molecule has 0 radical (unpaired) electrons. The van der Waals surface area contributed by atoms with Crippen LogP contribution in [0.25, 0.3) is 22.0 Å². The lowest BCUT2D eigenvalue weighted by Gasteiger charge is -2.24. The van der Waals surface area contributed by atoms with Crippen LogP contribution in [-0.4, -0.2) is 10.7 Å². The highest BCUT2D eigenvalue weighted by Gasteiger charge is 2.33. The number of hydrogen-bond acceptors (Lipinski definition) is 3. The number of hydrogen-bond donors (Lipinski definition) is 1. The first-order valence-corrected chi connectivity index (χ1v) is 12.8. The zero-order valence-corrected chi connectivity index (χ0v) is 21.5. The quantitative estimate of drug-likeness (QED) is 0.245. The van der Waals surface area contributed by atoms with Crippen LogP contribution in [0.1, 0.15) is 23.6 Å². The highest BCUT2D eigenvalue weighted by atomic mass is 79.9. The van der Waals surface area contributed by atoms with Crippen LogP contribution >= 0.6 is 27.5 Å². The first-order chi connectivity index (χ1) is 17.6. The van der Waals surface area contributed by atoms with Gasteiger partial charge in [0.25, 0.3) is 5.56 Å². The summed E-state index contributed by atoms with van der Waals surface area (Å²) in [6, 6.07) is 33.8. The van der Waals surface area contributed by atoms with E-state index in [1.165, 1.54) is 0 Å². The van der Waals surface area contributed by atoms with Gasteiger partial charge < -0.3 is 4.98 Å². The van der Waals surface area contributed by atoms with Crippen LogP contribution in [0.15, 0.2) is 117 Å². The van der Waals surface area contributed by atoms with Crippen LogP contribution in [0.5, 0.6) is 0 Å². The fraction of sp³-hybridized carbons (Fsp3) is 0.0667. The highest BCUT2D eigenvalue weighted by Crippen LogP contribution is 2.40. The number of aromatic amines is 1. The third-order valence-corrected chi connectivity index (χ3v) is 7.22. The number of nitrogens with zero attached hydrogens (tertiary/aromatic N) is 2. The van der Waals surface area contributed by atoms with Crippen molar-refractivity contribution in [2.24, 2.45) is 5.10 Å². The van der Waals surface area contributed by atoms with Gasteiger partial charge >= 0.3 is 0 Å². The second-order valence-corrected chi connectivity index (χ2v) is 10.1. The molecule has 6 rings (SSSR count). The Morgan fingerprint density at radius 2 is 1.61 bits per heavy atom. The van der Waals surface area contributed by atoms with Crippen molar-refractivity contribution in [2.75, 3.05) is 5.01 Å². The number of para-hydroxylation sites is 1. The summed E-state index contributed by atoms with van der Waals surface area (Å²) in [5.41, 5.74) is 5.79. The molecule has 1 aliphatic heterocycles. The minimum absolute atomic E-state index is 0.0574. The summed E-state index contributed by atoms with van der Waals surface area (Å²) < 4.78 is 1.00. The van der Waals surface area contributed by atoms with Gasteiger partial charge in [0.15, 0.2) is 0 Å². The van der Waals surface area contributed by atoms with Gasteiger partial charge in [-0.25, -0.2) is 0 Å². The summed E-state index contributed by atoms with van der Waals surface area (Å²) in [6.45, 7) is 0. The lowest BCUT2D eigenvalue weighted by Crippen LogP contribution is -2.20. The van der Waals surface area contributed by atoms with Crippen LogP contribution < -0.4 is 10.6 Å². The number of anilines is 1. The van der Waals surface area contributed by atoms with Crippen molar-refractivity contribution in [3.63, 3.8) is 0 Å². The molecule has 0 fully saturated rings. The molecule has 0 spiro atoms. The van der Waals surface area contributed by atoms with Gasteiger partial charge in [-0.15, -0.1) is 0 Å². The Bertz CT molecular complexity index is 1670. The highest BCUT2D eigenvalue weighted by molar-refractivity contribution is 9.10. The van der Waals surface area contributed by atoms with Crippen molar-refractivity contribution in [3.8, 4) is 11.1 Å². The Labute approximate surface area is 222 Å². The van der Waals surface area contributed by atoms with Crippen molar-refractivity contribution < 1.29 is 0 Å². The van der Waals surface area contributed by atoms with Crippen molar-refractivity contribution >= 4 is 49.8 Å². The summed E-state index contributed by atoms with van der Waals surface area (Å²) in [7, 11) is 0. The number of fused-ring (bicyclic) bond motifs is 1. The molecule has 0 saturated carbocycles. The number of hydrazone groups is 1. The van der Waals surface area contributed by atoms with E-state index in [0.717, 1.165) is 43.5 Å². The molecule has 1 aliphatic rings. The van der Waals surface area contributed by atoms with Crippen LogP contribution in [0.4, 0.5) is 5.69 Å². The van der Waals surface area contributed by atoms with E-state index in [1.54, 1.807) is 6.07 Å². The molecule has 6 heteroatoms. The topological polar surface area (TPSA) is 48.5 Å². The molecule has 1 aromatic heterocycles. The van der Waals surface area contributed by atoms with E-state index in [2.05, 4.69) is 33.0 Å². The van der Waals surface area contributed by atoms with Crippen LogP contribution in [-0.2, 0) is 0 Å². The molecule has 4 aromatic carbocycles. The number of halogens is 2. The smallest absolute Gasteiger partial charge is 0.258 e. The van der Waals surface area contributed by atoms with E-state index in [9.17, 15) is 4.79 Å². The first-order valence-electron chi connectivity index (χ1n) is 11.7. The molecule has 0 amide bonds. The lowest BCUT2D eigenvalue weighted by atomic mass is 9.91. The fourth-order valence-corrected chi connectivity index (χ4v) is 5.49. The summed E-state index contributed by atoms with van der Waals surface area (Å²) in [4.78, 5) is 16.7. The van der Waals surface area contributed by atoms with Gasteiger partial charge in [0.2, 0.25) is 0 Å². The Morgan fingerprint density at radius 1 is 0.861 bits per heavy atom. The molecule has 36 heavy (non-hydrogen) atoms. The minimum atomic E-state index is -0.162. The second kappa shape index (κ2) is 9.41. The average Bonchev–Trinajstić information content (AvgIpc) is 3.34. The van der Waals surface area contributed by atoms with Crippen LogP contribution in [0, 0.1) is 0 Å². The summed E-state index contributed by atoms with van der Waals surface area (Å²) in [6.07, 6.45) is 0.584. The Kier molecular flexibility index (Phi) is 5.96. The molecule has 4 nitrogen and oxygen atoms in total. The van der Waals surface area contributed by atoms with Gasteiger partial charge in [0, 0.05) is 32.4 Å². The van der Waals surface area contributed by atoms with Gasteiger partial charge in [0.1, 0.15) is 0 Å². The third kappa shape index (κ3) is 4.15. The molecule has 5 aromatic rings. The number of pyridine rings is 1. The SMILES string of the molecule is O=c1[nH]c2ccc(Cl)cc2c(-c2ccccc2)c1C1=NN(c2ccccc2)C(c2cccc(Br)c2)C1. The van der Waals surface area contributed by atoms with Gasteiger partial charge in [-0.3, -0.25) is 9.80 Å². The largest absolute Gasteiger partial charge is 0.321 e. The molecular formula is C30H21BrClN3O. The standard InChI is InChI=1S/C30H21BrClN3O/c31-21-11-7-10-20(16-21)27-18-26(34-35(27)23-12-5-2-6-13-23)29-28(19-8-3-1-4-9-19)24-17-22(32)14-15-25(24)33-30(29)36/h1-17,27H,18H2,(H,33,36). The average molecular weight is 555 g/mol. The molecule has 1 atom stereocenters. The van der Waals surface area contributed by atoms with Crippen molar-refractivity contribution in [1.29, 1.82) is 0 Å². The van der Waals surface area contributed by atoms with Gasteiger partial charge in [-0.1, -0.05) is 88.2 Å². The summed E-state index contributed by atoms with van der Waals surface area (Å²) in [5, 5.41) is 8.60. The van der Waals surface area contributed by atoms with Gasteiger partial charge in [-0.2, -0.15) is 5.10 Å². The molecular weight excluding hydrogens is 534 g/mol. The maximum atomic E-state index is 13.6. The van der Waals surface area contributed by atoms with Gasteiger partial charge in [0.05, 0.1) is 23.0 Å². The third-order valence-electron chi connectivity index (χ3n) is 6.49. The molecule has 0 aliphatic carbocycles. The Hall–Kier alpha value is -3.67. The predicted octanol–water partition coefficient (Wildman–Crippen LogP) is 7.97. The maximum Gasteiger partial charge on any atom is 0.258 e. The molecule has 2 heterocycles. The number of benzene rings is 4. The lowest BCUT2D eigenvalue weighted by molar-refractivity contribution is 0.708. The van der Waals surface area contributed by atoms with E-state index in [-0.39, 0.29) is 11.6 Å². The number of aromatic nitrogens is 1. The van der Waals surface area contributed by atoms with E-state index in [1.807, 2.05) is 89.9 Å². The zero-order valence-electron chi connectivity index (χ0n) is 19.2. The Morgan fingerprint density at radius 3 is 2.36 bits per heavy atom. The first kappa shape index (κ1) is 22.8. The van der Waals surface area contributed by atoms with E-state index in [0.29, 0.717) is 17.0 Å².